The number of carboxylic acids is 3. The molecule has 2 aromatic carbocycles. The first kappa shape index (κ1) is 61.2. The zero-order valence-electron chi connectivity index (χ0n) is 47.8. The summed E-state index contributed by atoms with van der Waals surface area (Å²) in [5.41, 5.74) is 1.44. The van der Waals surface area contributed by atoms with Crippen LogP contribution in [0.3, 0.4) is 0 Å². The number of aromatic nitrogens is 2. The largest absolute Gasteiger partial charge is 0.496 e. The molecular weight excluding hydrogens is 1030 g/mol. The molecule has 3 aromatic rings. The van der Waals surface area contributed by atoms with Crippen molar-refractivity contribution in [3.63, 3.8) is 0 Å². The number of nitrogens with zero attached hydrogens (tertiary/aromatic N) is 8. The molecule has 5 N–H and O–H groups in total. The smallest absolute Gasteiger partial charge is 0.330 e. The molecular formula is C58H84N10O12. The second-order valence-electron chi connectivity index (χ2n) is 23.0. The van der Waals surface area contributed by atoms with Gasteiger partial charge in [0.25, 0.3) is 11.8 Å². The summed E-state index contributed by atoms with van der Waals surface area (Å²) in [4.78, 5) is 103. The first-order chi connectivity index (χ1) is 38.2. The molecule has 8 rings (SSSR count). The molecule has 1 aromatic heterocycles. The van der Waals surface area contributed by atoms with E-state index in [-0.39, 0.29) is 73.8 Å². The third-order valence-corrected chi connectivity index (χ3v) is 16.6. The Morgan fingerprint density at radius 3 is 1.71 bits per heavy atom. The summed E-state index contributed by atoms with van der Waals surface area (Å²) < 4.78 is 13.4. The van der Waals surface area contributed by atoms with Crippen molar-refractivity contribution in [2.24, 2.45) is 23.7 Å². The number of methoxy groups -OCH3 is 2. The number of nitrogens with one attached hydrogen (secondary N) is 2. The molecule has 3 amide bonds. The Morgan fingerprint density at radius 2 is 1.23 bits per heavy atom. The third-order valence-electron chi connectivity index (χ3n) is 16.6. The summed E-state index contributed by atoms with van der Waals surface area (Å²) in [6.45, 7) is 10.0. The second kappa shape index (κ2) is 27.8. The summed E-state index contributed by atoms with van der Waals surface area (Å²) in [7, 11) is 7.04. The maximum atomic E-state index is 14.7. The first-order valence-electron chi connectivity index (χ1n) is 28.2. The van der Waals surface area contributed by atoms with Gasteiger partial charge in [0.05, 0.1) is 57.3 Å². The van der Waals surface area contributed by atoms with E-state index in [1.165, 1.54) is 6.92 Å². The molecule has 438 valence electrons. The summed E-state index contributed by atoms with van der Waals surface area (Å²) >= 11 is 0. The van der Waals surface area contributed by atoms with Gasteiger partial charge in [-0.15, -0.1) is 0 Å². The molecule has 0 atom stereocenters. The van der Waals surface area contributed by atoms with Gasteiger partial charge in [-0.05, 0) is 144 Å². The van der Waals surface area contributed by atoms with Gasteiger partial charge < -0.3 is 45.2 Å². The van der Waals surface area contributed by atoms with Gasteiger partial charge in [0.2, 0.25) is 5.91 Å². The summed E-state index contributed by atoms with van der Waals surface area (Å²) in [5.74, 6) is -2.67. The molecule has 22 nitrogen and oxygen atoms in total. The standard InChI is InChI=1S/C58H84N10O12/c1-38(2)45-32-42(13-14-47(45)68-48(54-49(79-6)11-8-12-50(54)80-7)33-46(61-68)55(75)60-58(57(77)78)43-28-40-27-41(30-43)31-44(58)29-40)56(76)67(18-10-16-62(4)5)17-9-15-59-51(70)35-64-21-19-63(34-39(3)69)20-23-65(36-52(71)72)25-26-66(24-22-64)37-53(73)74/h8,11-14,32-33,38,40-41,43-44H,9-10,15-31,34-37H2,1-7H3,(H,59,70)(H,60,75)(H,71,72)(H,73,74)(H,77,78). The van der Waals surface area contributed by atoms with E-state index in [0.717, 1.165) is 44.2 Å². The maximum absolute atomic E-state index is 14.7. The van der Waals surface area contributed by atoms with Crippen molar-refractivity contribution in [2.45, 2.75) is 77.2 Å². The number of ketones is 1. The zero-order valence-corrected chi connectivity index (χ0v) is 47.8. The third kappa shape index (κ3) is 15.3. The maximum Gasteiger partial charge on any atom is 0.330 e. The number of carbonyl (C=O) groups is 7. The molecule has 80 heavy (non-hydrogen) atoms. The molecule has 0 unspecified atom stereocenters. The quantitative estimate of drug-likeness (QED) is 0.0760. The Kier molecular flexibility index (Phi) is 21.3. The fourth-order valence-electron chi connectivity index (χ4n) is 12.8. The van der Waals surface area contributed by atoms with Crippen molar-refractivity contribution in [3.8, 4) is 28.4 Å². The Labute approximate surface area is 469 Å². The summed E-state index contributed by atoms with van der Waals surface area (Å²) in [5, 5.41) is 41.1. The minimum atomic E-state index is -1.40. The predicted molar refractivity (Wildman–Crippen MR) is 299 cm³/mol. The van der Waals surface area contributed by atoms with Gasteiger partial charge in [0.1, 0.15) is 22.8 Å². The molecule has 0 radical (unpaired) electrons. The van der Waals surface area contributed by atoms with Crippen LogP contribution >= 0.6 is 0 Å². The zero-order chi connectivity index (χ0) is 57.8. The highest BCUT2D eigenvalue weighted by molar-refractivity contribution is 5.98. The highest BCUT2D eigenvalue weighted by Crippen LogP contribution is 2.58. The van der Waals surface area contributed by atoms with Crippen LogP contribution in [0, 0.1) is 23.7 Å². The van der Waals surface area contributed by atoms with Crippen molar-refractivity contribution in [1.29, 1.82) is 0 Å². The van der Waals surface area contributed by atoms with Crippen LogP contribution in [0.25, 0.3) is 16.9 Å². The normalized spacial score (nSPS) is 22.1. The molecule has 1 aliphatic heterocycles. The van der Waals surface area contributed by atoms with E-state index in [1.54, 1.807) is 63.9 Å². The Bertz CT molecular complexity index is 2610. The van der Waals surface area contributed by atoms with E-state index in [9.17, 15) is 48.9 Å². The number of ether oxygens (including phenoxy) is 2. The van der Waals surface area contributed by atoms with E-state index in [1.807, 2.05) is 49.9 Å². The van der Waals surface area contributed by atoms with E-state index < -0.39 is 29.4 Å². The number of amides is 3. The van der Waals surface area contributed by atoms with Crippen molar-refractivity contribution in [2.75, 3.05) is 133 Å². The molecule has 5 fully saturated rings. The van der Waals surface area contributed by atoms with Crippen molar-refractivity contribution >= 4 is 41.4 Å². The Morgan fingerprint density at radius 1 is 0.700 bits per heavy atom. The lowest BCUT2D eigenvalue weighted by Crippen LogP contribution is -2.70. The van der Waals surface area contributed by atoms with Crippen molar-refractivity contribution in [3.05, 3.63) is 59.3 Å². The van der Waals surface area contributed by atoms with Crippen LogP contribution in [0.15, 0.2) is 42.5 Å². The van der Waals surface area contributed by atoms with Crippen LogP contribution in [0.5, 0.6) is 11.5 Å². The van der Waals surface area contributed by atoms with Crippen molar-refractivity contribution in [1.82, 2.24) is 49.8 Å². The fourth-order valence-corrected chi connectivity index (χ4v) is 12.8. The average molecular weight is 1110 g/mol. The van der Waals surface area contributed by atoms with E-state index in [4.69, 9.17) is 14.6 Å². The number of aliphatic carboxylic acids is 3. The molecule has 4 bridgehead atoms. The number of hydrogen-bond acceptors (Lipinski definition) is 15. The van der Waals surface area contributed by atoms with Crippen LogP contribution in [0.1, 0.15) is 98.0 Å². The predicted octanol–water partition coefficient (Wildman–Crippen LogP) is 3.57. The number of rotatable bonds is 25. The monoisotopic (exact) mass is 1110 g/mol. The number of carbonyl (C=O) groups excluding carboxylic acids is 4. The van der Waals surface area contributed by atoms with E-state index in [2.05, 4.69) is 15.5 Å². The van der Waals surface area contributed by atoms with E-state index >= 15 is 0 Å². The average Bonchev–Trinajstić information content (AvgIpc) is 3.83. The molecule has 4 saturated carbocycles. The number of hydrogen-bond donors (Lipinski definition) is 5. The minimum Gasteiger partial charge on any atom is -0.496 e. The Hall–Kier alpha value is -6.46. The van der Waals surface area contributed by atoms with E-state index in [0.29, 0.717) is 124 Å². The molecule has 5 aliphatic rings. The van der Waals surface area contributed by atoms with Gasteiger partial charge >= 0.3 is 17.9 Å². The molecule has 1 saturated heterocycles. The second-order valence-corrected chi connectivity index (χ2v) is 23.0. The van der Waals surface area contributed by atoms with Crippen LogP contribution in [0.4, 0.5) is 0 Å². The van der Waals surface area contributed by atoms with Gasteiger partial charge in [0, 0.05) is 77.6 Å². The van der Waals surface area contributed by atoms with Crippen molar-refractivity contribution < 1.29 is 58.4 Å². The minimum absolute atomic E-state index is 0.0224. The number of benzene rings is 2. The molecule has 0 spiro atoms. The van der Waals surface area contributed by atoms with Crippen LogP contribution in [-0.2, 0) is 24.0 Å². The van der Waals surface area contributed by atoms with Crippen LogP contribution < -0.4 is 20.1 Å². The van der Waals surface area contributed by atoms with Crippen LogP contribution in [0.2, 0.25) is 0 Å². The first-order valence-corrected chi connectivity index (χ1v) is 28.2. The number of carboxylic acid groups (broad SMARTS) is 3. The van der Waals surface area contributed by atoms with Gasteiger partial charge in [-0.3, -0.25) is 48.4 Å². The molecule has 22 heteroatoms. The summed E-state index contributed by atoms with van der Waals surface area (Å²) in [6, 6.07) is 12.5. The van der Waals surface area contributed by atoms with Gasteiger partial charge in [-0.25, -0.2) is 9.48 Å². The Balaban J connectivity index is 1.09. The number of Topliss-reactive ketones (excluding diaryl/α,β-unsaturated/α-hetero) is 1. The molecule has 4 aliphatic carbocycles. The van der Waals surface area contributed by atoms with Gasteiger partial charge in [-0.2, -0.15) is 5.10 Å². The topological polar surface area (TPSA) is 260 Å². The fraction of sp³-hybridized carbons (Fsp3) is 0.621. The highest BCUT2D eigenvalue weighted by Gasteiger charge is 2.62. The lowest BCUT2D eigenvalue weighted by Gasteiger charge is -2.59. The summed E-state index contributed by atoms with van der Waals surface area (Å²) in [6.07, 6.45) is 5.36. The van der Waals surface area contributed by atoms with Gasteiger partial charge in [-0.1, -0.05) is 19.9 Å². The van der Waals surface area contributed by atoms with Crippen LogP contribution in [-0.4, -0.2) is 234 Å². The molecule has 2 heterocycles. The van der Waals surface area contributed by atoms with Gasteiger partial charge in [0.15, 0.2) is 5.69 Å². The lowest BCUT2D eigenvalue weighted by atomic mass is 9.48. The highest BCUT2D eigenvalue weighted by atomic mass is 16.5. The SMILES string of the molecule is COc1cccc(OC)c1-c1cc(C(=O)NC2(C(=O)O)C3CC4CC(C3)CC2C4)nn1-c1ccc(C(=O)N(CCCNC(=O)CN2CCN(CC(C)=O)CCN(CC(=O)O)CCN(CC(=O)O)CC2)CCCN(C)C)cc1C(C)C. The lowest BCUT2D eigenvalue weighted by molar-refractivity contribution is -0.163.